The van der Waals surface area contributed by atoms with Gasteiger partial charge >= 0.3 is 0 Å². The fourth-order valence-electron chi connectivity index (χ4n) is 2.40. The van der Waals surface area contributed by atoms with E-state index in [0.717, 1.165) is 0 Å². The summed E-state index contributed by atoms with van der Waals surface area (Å²) in [6.45, 7) is 0. The van der Waals surface area contributed by atoms with E-state index in [1.54, 1.807) is 18.2 Å². The van der Waals surface area contributed by atoms with Crippen LogP contribution in [0.15, 0.2) is 48.5 Å². The van der Waals surface area contributed by atoms with Crippen LogP contribution in [0.5, 0.6) is 0 Å². The largest absolute Gasteiger partial charge is 0.295 e. The smallest absolute Gasteiger partial charge is 0.275 e. The number of amides is 1. The number of benzene rings is 2. The van der Waals surface area contributed by atoms with Crippen molar-refractivity contribution in [1.29, 1.82) is 0 Å². The molecule has 1 heterocycles. The second-order valence-corrected chi connectivity index (χ2v) is 5.79. The van der Waals surface area contributed by atoms with Crippen molar-refractivity contribution in [3.05, 3.63) is 70.0 Å². The maximum atomic E-state index is 13.1. The van der Waals surface area contributed by atoms with E-state index in [2.05, 4.69) is 0 Å². The Morgan fingerprint density at radius 3 is 2.55 bits per heavy atom. The van der Waals surface area contributed by atoms with Gasteiger partial charge in [0.25, 0.3) is 5.69 Å². The molecule has 1 fully saturated rings. The van der Waals surface area contributed by atoms with Crippen molar-refractivity contribution in [3.8, 4) is 0 Å². The standard InChI is InChI=1S/C15H11FN2O3S/c16-10-5-7-11(8-6-10)17-14(19)9-22-15(17)12-3-1-2-4-13(12)18(20)21/h1-8,15H,9H2/t15-/m1/s1. The predicted octanol–water partition coefficient (Wildman–Crippen LogP) is 3.51. The Labute approximate surface area is 129 Å². The number of rotatable bonds is 3. The predicted molar refractivity (Wildman–Crippen MR) is 82.2 cm³/mol. The highest BCUT2D eigenvalue weighted by molar-refractivity contribution is 8.00. The lowest BCUT2D eigenvalue weighted by Gasteiger charge is -2.24. The van der Waals surface area contributed by atoms with Gasteiger partial charge in [0.1, 0.15) is 11.2 Å². The lowest BCUT2D eigenvalue weighted by Crippen LogP contribution is -2.28. The van der Waals surface area contributed by atoms with E-state index in [1.165, 1.54) is 47.0 Å². The maximum Gasteiger partial charge on any atom is 0.275 e. The van der Waals surface area contributed by atoms with Crippen LogP contribution in [0.25, 0.3) is 0 Å². The Hall–Kier alpha value is -2.41. The Morgan fingerprint density at radius 1 is 1.18 bits per heavy atom. The third-order valence-electron chi connectivity index (χ3n) is 3.37. The van der Waals surface area contributed by atoms with Crippen LogP contribution < -0.4 is 4.90 Å². The number of hydrogen-bond acceptors (Lipinski definition) is 4. The summed E-state index contributed by atoms with van der Waals surface area (Å²) in [7, 11) is 0. The molecule has 0 aliphatic carbocycles. The summed E-state index contributed by atoms with van der Waals surface area (Å²) in [4.78, 5) is 24.4. The van der Waals surface area contributed by atoms with E-state index in [-0.39, 0.29) is 17.3 Å². The summed E-state index contributed by atoms with van der Waals surface area (Å²) in [5, 5.41) is 10.7. The lowest BCUT2D eigenvalue weighted by molar-refractivity contribution is -0.385. The molecule has 5 nitrogen and oxygen atoms in total. The monoisotopic (exact) mass is 318 g/mol. The number of carbonyl (C=O) groups excluding carboxylic acids is 1. The average Bonchev–Trinajstić information content (AvgIpc) is 2.90. The van der Waals surface area contributed by atoms with Crippen LogP contribution in [-0.2, 0) is 4.79 Å². The van der Waals surface area contributed by atoms with Crippen LogP contribution >= 0.6 is 11.8 Å². The summed E-state index contributed by atoms with van der Waals surface area (Å²) in [5.41, 5.74) is 0.967. The Morgan fingerprint density at radius 2 is 1.86 bits per heavy atom. The summed E-state index contributed by atoms with van der Waals surface area (Å²) in [5.74, 6) is -0.321. The van der Waals surface area contributed by atoms with Crippen molar-refractivity contribution in [2.75, 3.05) is 10.7 Å². The van der Waals surface area contributed by atoms with Crippen LogP contribution in [0.3, 0.4) is 0 Å². The highest BCUT2D eigenvalue weighted by Crippen LogP contribution is 2.44. The molecule has 0 bridgehead atoms. The van der Waals surface area contributed by atoms with E-state index >= 15 is 0 Å². The second kappa shape index (κ2) is 5.76. The number of nitro groups is 1. The summed E-state index contributed by atoms with van der Waals surface area (Å²) < 4.78 is 13.1. The van der Waals surface area contributed by atoms with Crippen molar-refractivity contribution >= 4 is 29.0 Å². The Balaban J connectivity index is 2.05. The Kier molecular flexibility index (Phi) is 3.81. The van der Waals surface area contributed by atoms with Gasteiger partial charge in [-0.3, -0.25) is 19.8 Å². The number of thioether (sulfide) groups is 1. The average molecular weight is 318 g/mol. The minimum absolute atomic E-state index is 0.0261. The van der Waals surface area contributed by atoms with Gasteiger partial charge in [0.15, 0.2) is 0 Å². The molecule has 2 aromatic rings. The quantitative estimate of drug-likeness (QED) is 0.642. The molecule has 1 aliphatic heterocycles. The maximum absolute atomic E-state index is 13.1. The summed E-state index contributed by atoms with van der Waals surface area (Å²) >= 11 is 1.32. The van der Waals surface area contributed by atoms with E-state index in [1.807, 2.05) is 0 Å². The molecule has 112 valence electrons. The molecule has 0 radical (unpaired) electrons. The molecule has 1 atom stereocenters. The van der Waals surface area contributed by atoms with Gasteiger partial charge in [-0.05, 0) is 30.3 Å². The third-order valence-corrected chi connectivity index (χ3v) is 4.57. The summed E-state index contributed by atoms with van der Waals surface area (Å²) in [6, 6.07) is 11.9. The van der Waals surface area contributed by atoms with Gasteiger partial charge in [0, 0.05) is 11.8 Å². The molecule has 0 saturated carbocycles. The van der Waals surface area contributed by atoms with Gasteiger partial charge in [-0.2, -0.15) is 0 Å². The van der Waals surface area contributed by atoms with Crippen molar-refractivity contribution in [2.45, 2.75) is 5.37 Å². The first-order valence-electron chi connectivity index (χ1n) is 6.50. The molecular formula is C15H11FN2O3S. The topological polar surface area (TPSA) is 63.4 Å². The molecular weight excluding hydrogens is 307 g/mol. The van der Waals surface area contributed by atoms with Gasteiger partial charge in [-0.25, -0.2) is 4.39 Å². The molecule has 0 aromatic heterocycles. The zero-order valence-electron chi connectivity index (χ0n) is 11.3. The minimum atomic E-state index is -0.487. The minimum Gasteiger partial charge on any atom is -0.295 e. The van der Waals surface area contributed by atoms with Crippen molar-refractivity contribution < 1.29 is 14.1 Å². The van der Waals surface area contributed by atoms with Crippen molar-refractivity contribution in [1.82, 2.24) is 0 Å². The van der Waals surface area contributed by atoms with Crippen LogP contribution in [-0.4, -0.2) is 16.6 Å². The van der Waals surface area contributed by atoms with E-state index < -0.39 is 16.1 Å². The SMILES string of the molecule is O=C1CS[C@H](c2ccccc2[N+](=O)[O-])N1c1ccc(F)cc1. The van der Waals surface area contributed by atoms with Crippen LogP contribution in [0.1, 0.15) is 10.9 Å². The van der Waals surface area contributed by atoms with Gasteiger partial charge in [0.05, 0.1) is 16.2 Å². The number of halogens is 1. The van der Waals surface area contributed by atoms with Gasteiger partial charge in [-0.15, -0.1) is 11.8 Å². The zero-order chi connectivity index (χ0) is 15.7. The van der Waals surface area contributed by atoms with Crippen LogP contribution in [0.4, 0.5) is 15.8 Å². The molecule has 7 heteroatoms. The first kappa shape index (κ1) is 14.5. The number of para-hydroxylation sites is 1. The molecule has 22 heavy (non-hydrogen) atoms. The van der Waals surface area contributed by atoms with E-state index in [0.29, 0.717) is 11.3 Å². The van der Waals surface area contributed by atoms with Crippen molar-refractivity contribution in [3.63, 3.8) is 0 Å². The molecule has 2 aromatic carbocycles. The molecule has 0 N–H and O–H groups in total. The number of carbonyl (C=O) groups is 1. The van der Waals surface area contributed by atoms with E-state index in [4.69, 9.17) is 0 Å². The third kappa shape index (κ3) is 2.55. The van der Waals surface area contributed by atoms with E-state index in [9.17, 15) is 19.3 Å². The molecule has 1 amide bonds. The van der Waals surface area contributed by atoms with Gasteiger partial charge in [-0.1, -0.05) is 12.1 Å². The fraction of sp³-hybridized carbons (Fsp3) is 0.133. The molecule has 0 spiro atoms. The van der Waals surface area contributed by atoms with Crippen molar-refractivity contribution in [2.24, 2.45) is 0 Å². The Bertz CT molecular complexity index is 736. The van der Waals surface area contributed by atoms with Crippen LogP contribution in [0.2, 0.25) is 0 Å². The van der Waals surface area contributed by atoms with Gasteiger partial charge in [0.2, 0.25) is 5.91 Å². The van der Waals surface area contributed by atoms with Crippen LogP contribution in [0, 0.1) is 15.9 Å². The number of nitrogens with zero attached hydrogens (tertiary/aromatic N) is 2. The van der Waals surface area contributed by atoms with Gasteiger partial charge < -0.3 is 0 Å². The molecule has 3 rings (SSSR count). The second-order valence-electron chi connectivity index (χ2n) is 4.72. The highest BCUT2D eigenvalue weighted by Gasteiger charge is 2.37. The molecule has 0 unspecified atom stereocenters. The highest BCUT2D eigenvalue weighted by atomic mass is 32.2. The lowest BCUT2D eigenvalue weighted by atomic mass is 10.1. The molecule has 1 saturated heterocycles. The number of nitro benzene ring substituents is 1. The summed E-state index contributed by atoms with van der Waals surface area (Å²) in [6.07, 6.45) is 0. The normalized spacial score (nSPS) is 17.8. The first-order chi connectivity index (χ1) is 10.6. The zero-order valence-corrected chi connectivity index (χ0v) is 12.1. The fourth-order valence-corrected chi connectivity index (χ4v) is 3.60. The first-order valence-corrected chi connectivity index (χ1v) is 7.55. The number of anilines is 1. The number of hydrogen-bond donors (Lipinski definition) is 0. The molecule has 1 aliphatic rings.